The minimum Gasteiger partial charge on any atom is -0.351 e. The van der Waals surface area contributed by atoms with Gasteiger partial charge in [-0.3, -0.25) is 14.9 Å². The van der Waals surface area contributed by atoms with Gasteiger partial charge in [-0.2, -0.15) is 0 Å². The summed E-state index contributed by atoms with van der Waals surface area (Å²) < 4.78 is 34.2. The van der Waals surface area contributed by atoms with Crippen molar-refractivity contribution in [1.82, 2.24) is 5.32 Å². The maximum atomic E-state index is 13.0. The number of nitrogens with one attached hydrogen (secondary N) is 1. The summed E-state index contributed by atoms with van der Waals surface area (Å²) in [4.78, 5) is 21.4. The van der Waals surface area contributed by atoms with Crippen LogP contribution in [0.3, 0.4) is 0 Å². The smallest absolute Gasteiger partial charge is 0.282 e. The third-order valence-corrected chi connectivity index (χ3v) is 2.85. The lowest BCUT2D eigenvalue weighted by Gasteiger charge is -2.05. The number of nitrogens with two attached hydrogens (primary N) is 1. The van der Waals surface area contributed by atoms with Gasteiger partial charge in [0, 0.05) is 12.6 Å². The van der Waals surface area contributed by atoms with Gasteiger partial charge in [0.05, 0.1) is 10.7 Å². The molecule has 0 bridgehead atoms. The van der Waals surface area contributed by atoms with Crippen molar-refractivity contribution in [3.8, 4) is 0 Å². The van der Waals surface area contributed by atoms with Crippen LogP contribution in [-0.2, 0) is 10.0 Å². The molecule has 0 radical (unpaired) electrons. The van der Waals surface area contributed by atoms with E-state index in [1.165, 1.54) is 0 Å². The Morgan fingerprint density at radius 1 is 1.47 bits per heavy atom. The average Bonchev–Trinajstić information content (AvgIpc) is 2.26. The highest BCUT2D eigenvalue weighted by molar-refractivity contribution is 7.89. The van der Waals surface area contributed by atoms with Gasteiger partial charge in [0.2, 0.25) is 10.0 Å². The maximum absolute atomic E-state index is 13.0. The van der Waals surface area contributed by atoms with Gasteiger partial charge in [-0.25, -0.2) is 17.9 Å². The molecule has 0 saturated carbocycles. The SMILES string of the molecule is NS(=O)(=O)CCNC(=O)c1cc(F)ccc1[N+](=O)[O-]. The van der Waals surface area contributed by atoms with Crippen molar-refractivity contribution >= 4 is 21.6 Å². The van der Waals surface area contributed by atoms with Crippen molar-refractivity contribution in [3.63, 3.8) is 0 Å². The van der Waals surface area contributed by atoms with Crippen LogP contribution in [0, 0.1) is 15.9 Å². The molecule has 1 aromatic rings. The standard InChI is InChI=1S/C9H10FN3O5S/c10-6-1-2-8(13(15)16)7(5-6)9(14)12-3-4-19(11,17)18/h1-2,5H,3-4H2,(H,12,14)(H2,11,17,18). The molecule has 3 N–H and O–H groups in total. The summed E-state index contributed by atoms with van der Waals surface area (Å²) >= 11 is 0. The molecular weight excluding hydrogens is 281 g/mol. The monoisotopic (exact) mass is 291 g/mol. The van der Waals surface area contributed by atoms with Crippen LogP contribution in [-0.4, -0.2) is 31.5 Å². The van der Waals surface area contributed by atoms with Crippen LogP contribution >= 0.6 is 0 Å². The minimum absolute atomic E-state index is 0.328. The topological polar surface area (TPSA) is 132 Å². The second kappa shape index (κ2) is 5.71. The molecule has 1 amide bonds. The largest absolute Gasteiger partial charge is 0.351 e. The predicted octanol–water partition coefficient (Wildman–Crippen LogP) is -0.248. The summed E-state index contributed by atoms with van der Waals surface area (Å²) in [6.07, 6.45) is 0. The van der Waals surface area contributed by atoms with E-state index in [1.807, 2.05) is 0 Å². The summed E-state index contributed by atoms with van der Waals surface area (Å²) in [6.45, 7) is -0.328. The fourth-order valence-corrected chi connectivity index (χ4v) is 1.64. The Bertz CT molecular complexity index is 616. The summed E-state index contributed by atoms with van der Waals surface area (Å²) in [6, 6.07) is 2.40. The van der Waals surface area contributed by atoms with Crippen LogP contribution in [0.4, 0.5) is 10.1 Å². The number of nitrogens with zero attached hydrogens (tertiary/aromatic N) is 1. The second-order valence-corrected chi connectivity index (χ2v) is 5.28. The van der Waals surface area contributed by atoms with E-state index in [-0.39, 0.29) is 6.54 Å². The number of carbonyl (C=O) groups excluding carboxylic acids is 1. The molecule has 0 heterocycles. The first-order valence-corrected chi connectivity index (χ1v) is 6.65. The lowest BCUT2D eigenvalue weighted by atomic mass is 10.1. The first-order valence-electron chi connectivity index (χ1n) is 4.93. The fraction of sp³-hybridized carbons (Fsp3) is 0.222. The molecule has 0 fully saturated rings. The molecular formula is C9H10FN3O5S. The minimum atomic E-state index is -3.76. The normalized spacial score (nSPS) is 11.1. The predicted molar refractivity (Wildman–Crippen MR) is 63.4 cm³/mol. The van der Waals surface area contributed by atoms with Gasteiger partial charge in [0.15, 0.2) is 0 Å². The Balaban J connectivity index is 2.87. The third kappa shape index (κ3) is 4.60. The molecule has 1 aromatic carbocycles. The Morgan fingerprint density at radius 2 is 2.11 bits per heavy atom. The fourth-order valence-electron chi connectivity index (χ4n) is 1.25. The molecule has 8 nitrogen and oxygen atoms in total. The van der Waals surface area contributed by atoms with Gasteiger partial charge in [-0.1, -0.05) is 0 Å². The van der Waals surface area contributed by atoms with E-state index in [9.17, 15) is 27.7 Å². The molecule has 0 aliphatic rings. The molecule has 19 heavy (non-hydrogen) atoms. The van der Waals surface area contributed by atoms with Crippen molar-refractivity contribution in [2.24, 2.45) is 5.14 Å². The van der Waals surface area contributed by atoms with Crippen molar-refractivity contribution in [2.45, 2.75) is 0 Å². The number of sulfonamides is 1. The number of nitro benzene ring substituents is 1. The van der Waals surface area contributed by atoms with Crippen LogP contribution in [0.1, 0.15) is 10.4 Å². The third-order valence-electron chi connectivity index (χ3n) is 2.07. The lowest BCUT2D eigenvalue weighted by Crippen LogP contribution is -2.31. The van der Waals surface area contributed by atoms with Crippen molar-refractivity contribution < 1.29 is 22.5 Å². The van der Waals surface area contributed by atoms with E-state index >= 15 is 0 Å². The number of benzene rings is 1. The molecule has 104 valence electrons. The van der Waals surface area contributed by atoms with E-state index in [4.69, 9.17) is 5.14 Å². The number of nitro groups is 1. The van der Waals surface area contributed by atoms with Gasteiger partial charge in [0.1, 0.15) is 11.4 Å². The zero-order valence-corrected chi connectivity index (χ0v) is 10.3. The number of amides is 1. The number of hydrogen-bond acceptors (Lipinski definition) is 5. The molecule has 0 saturated heterocycles. The van der Waals surface area contributed by atoms with Crippen LogP contribution < -0.4 is 10.5 Å². The number of primary sulfonamides is 1. The van der Waals surface area contributed by atoms with Crippen molar-refractivity contribution in [1.29, 1.82) is 0 Å². The average molecular weight is 291 g/mol. The van der Waals surface area contributed by atoms with Crippen LogP contribution in [0.5, 0.6) is 0 Å². The Kier molecular flexibility index (Phi) is 4.51. The highest BCUT2D eigenvalue weighted by Crippen LogP contribution is 2.19. The van der Waals surface area contributed by atoms with Gasteiger partial charge >= 0.3 is 0 Å². The number of halogens is 1. The van der Waals surface area contributed by atoms with E-state index in [0.717, 1.165) is 12.1 Å². The van der Waals surface area contributed by atoms with Gasteiger partial charge < -0.3 is 5.32 Å². The first kappa shape index (κ1) is 15.0. The van der Waals surface area contributed by atoms with Gasteiger partial charge in [-0.15, -0.1) is 0 Å². The Morgan fingerprint density at radius 3 is 2.63 bits per heavy atom. The molecule has 0 unspecified atom stereocenters. The quantitative estimate of drug-likeness (QED) is 0.570. The zero-order chi connectivity index (χ0) is 14.6. The molecule has 0 aliphatic carbocycles. The second-order valence-electron chi connectivity index (χ2n) is 3.54. The van der Waals surface area contributed by atoms with E-state index in [2.05, 4.69) is 5.32 Å². The van der Waals surface area contributed by atoms with Crippen LogP contribution in [0.25, 0.3) is 0 Å². The van der Waals surface area contributed by atoms with Crippen molar-refractivity contribution in [3.05, 3.63) is 39.7 Å². The van der Waals surface area contributed by atoms with Gasteiger partial charge in [0.25, 0.3) is 11.6 Å². The molecule has 0 aliphatic heterocycles. The Labute approximate surface area is 107 Å². The molecule has 10 heteroatoms. The summed E-state index contributed by atoms with van der Waals surface area (Å²) in [5.74, 6) is -2.29. The van der Waals surface area contributed by atoms with Crippen molar-refractivity contribution in [2.75, 3.05) is 12.3 Å². The molecule has 1 rings (SSSR count). The number of rotatable bonds is 5. The molecule has 0 atom stereocenters. The first-order chi connectivity index (χ1) is 8.70. The van der Waals surface area contributed by atoms with E-state index < -0.39 is 43.7 Å². The van der Waals surface area contributed by atoms with Crippen LogP contribution in [0.2, 0.25) is 0 Å². The number of hydrogen-bond donors (Lipinski definition) is 2. The highest BCUT2D eigenvalue weighted by Gasteiger charge is 2.20. The van der Waals surface area contributed by atoms with E-state index in [0.29, 0.717) is 6.07 Å². The lowest BCUT2D eigenvalue weighted by molar-refractivity contribution is -0.385. The van der Waals surface area contributed by atoms with Crippen LogP contribution in [0.15, 0.2) is 18.2 Å². The summed E-state index contributed by atoms with van der Waals surface area (Å²) in [5.41, 5.74) is -1.06. The van der Waals surface area contributed by atoms with Gasteiger partial charge in [-0.05, 0) is 12.1 Å². The Hall–Kier alpha value is -2.07. The maximum Gasteiger partial charge on any atom is 0.282 e. The zero-order valence-electron chi connectivity index (χ0n) is 9.50. The number of carbonyl (C=O) groups is 1. The van der Waals surface area contributed by atoms with E-state index in [1.54, 1.807) is 0 Å². The summed E-state index contributed by atoms with van der Waals surface area (Å²) in [7, 11) is -3.76. The molecule has 0 spiro atoms. The summed E-state index contributed by atoms with van der Waals surface area (Å²) in [5, 5.41) is 17.5. The molecule has 0 aromatic heterocycles. The highest BCUT2D eigenvalue weighted by atomic mass is 32.2.